The van der Waals surface area contributed by atoms with Crippen LogP contribution in [0.4, 0.5) is 4.79 Å². The van der Waals surface area contributed by atoms with Crippen LogP contribution >= 0.6 is 23.2 Å². The molecular formula is C34H47Cl2NO11. The maximum Gasteiger partial charge on any atom is 0.405 e. The van der Waals surface area contributed by atoms with Crippen molar-refractivity contribution >= 4 is 47.0 Å². The molecule has 1 amide bonds. The molecule has 1 saturated carbocycles. The summed E-state index contributed by atoms with van der Waals surface area (Å²) in [5.74, 6) is -3.22. The Kier molecular flexibility index (Phi) is 19.9. The number of hydrogen-bond donors (Lipinski definition) is 5. The van der Waals surface area contributed by atoms with Crippen LogP contribution in [0, 0.1) is 11.8 Å². The van der Waals surface area contributed by atoms with Crippen LogP contribution in [-0.4, -0.2) is 93.4 Å². The third-order valence-corrected chi connectivity index (χ3v) is 8.50. The number of alkyl halides is 1. The van der Waals surface area contributed by atoms with Gasteiger partial charge in [0.15, 0.2) is 5.78 Å². The maximum absolute atomic E-state index is 12.6. The Bertz CT molecular complexity index is 1260. The summed E-state index contributed by atoms with van der Waals surface area (Å²) < 4.78 is 14.9. The molecule has 268 valence electrons. The number of nitrogens with two attached hydrogens (primary N) is 1. The van der Waals surface area contributed by atoms with Crippen LogP contribution in [0.15, 0.2) is 71.4 Å². The predicted octanol–water partition coefficient (Wildman–Crippen LogP) is 3.69. The number of Topliss-reactive ketones (excluding diaryl/α,β-unsaturated/α-hetero) is 1. The molecule has 0 aromatic carbocycles. The average molecular weight is 717 g/mol. The van der Waals surface area contributed by atoms with Crippen LogP contribution in [0.1, 0.15) is 52.9 Å². The summed E-state index contributed by atoms with van der Waals surface area (Å²) in [6, 6.07) is 0. The minimum absolute atomic E-state index is 0.144. The molecule has 9 atom stereocenters. The van der Waals surface area contributed by atoms with Gasteiger partial charge in [0.2, 0.25) is 0 Å². The number of hydrogen-bond acceptors (Lipinski definition) is 11. The molecule has 9 unspecified atom stereocenters. The smallest absolute Gasteiger partial charge is 0.405 e. The van der Waals surface area contributed by atoms with E-state index in [2.05, 4.69) is 0 Å². The van der Waals surface area contributed by atoms with E-state index in [1.54, 1.807) is 43.4 Å². The van der Waals surface area contributed by atoms with Gasteiger partial charge in [0.05, 0.1) is 31.3 Å². The Morgan fingerprint density at radius 1 is 1.02 bits per heavy atom. The van der Waals surface area contributed by atoms with E-state index in [9.17, 15) is 39.6 Å². The Hall–Kier alpha value is -3.26. The van der Waals surface area contributed by atoms with E-state index in [0.717, 1.165) is 5.57 Å². The van der Waals surface area contributed by atoms with E-state index >= 15 is 0 Å². The third-order valence-electron chi connectivity index (χ3n) is 7.49. The lowest BCUT2D eigenvalue weighted by Crippen LogP contribution is -2.43. The van der Waals surface area contributed by atoms with E-state index in [4.69, 9.17) is 43.1 Å². The van der Waals surface area contributed by atoms with Gasteiger partial charge in [0, 0.05) is 29.9 Å². The summed E-state index contributed by atoms with van der Waals surface area (Å²) in [6.07, 6.45) is 7.64. The summed E-state index contributed by atoms with van der Waals surface area (Å²) in [4.78, 5) is 47.7. The van der Waals surface area contributed by atoms with Gasteiger partial charge in [-0.25, -0.2) is 9.59 Å². The van der Waals surface area contributed by atoms with Crippen molar-refractivity contribution in [2.45, 2.75) is 94.9 Å². The van der Waals surface area contributed by atoms with Gasteiger partial charge < -0.3 is 40.4 Å². The van der Waals surface area contributed by atoms with Crippen LogP contribution in [0.2, 0.25) is 0 Å². The number of esters is 2. The number of ether oxygens (including phenoxy) is 3. The monoisotopic (exact) mass is 715 g/mol. The quantitative estimate of drug-likeness (QED) is 0.0346. The molecule has 6 N–H and O–H groups in total. The van der Waals surface area contributed by atoms with E-state index in [1.165, 1.54) is 38.3 Å². The van der Waals surface area contributed by atoms with Crippen LogP contribution in [-0.2, 0) is 28.6 Å². The zero-order valence-corrected chi connectivity index (χ0v) is 29.0. The van der Waals surface area contributed by atoms with E-state index in [-0.39, 0.29) is 11.5 Å². The Labute approximate surface area is 291 Å². The molecule has 1 aliphatic carbocycles. The summed E-state index contributed by atoms with van der Waals surface area (Å²) >= 11 is 12.5. The highest BCUT2D eigenvalue weighted by Gasteiger charge is 2.36. The fraction of sp³-hybridized carbons (Fsp3) is 0.529. The van der Waals surface area contributed by atoms with Crippen molar-refractivity contribution in [2.24, 2.45) is 17.6 Å². The first-order valence-electron chi connectivity index (χ1n) is 15.5. The average Bonchev–Trinajstić information content (AvgIpc) is 3.05. The molecule has 0 aliphatic heterocycles. The normalized spacial score (nSPS) is 23.2. The zero-order valence-electron chi connectivity index (χ0n) is 27.5. The van der Waals surface area contributed by atoms with Crippen molar-refractivity contribution in [1.29, 1.82) is 0 Å². The molecule has 0 saturated heterocycles. The minimum atomic E-state index is -1.88. The number of primary amides is 1. The molecule has 0 heterocycles. The molecule has 12 nitrogen and oxygen atoms in total. The molecule has 1 aliphatic rings. The molecular weight excluding hydrogens is 669 g/mol. The van der Waals surface area contributed by atoms with Gasteiger partial charge in [-0.15, -0.1) is 11.6 Å². The summed E-state index contributed by atoms with van der Waals surface area (Å²) in [6.45, 7) is 5.14. The third kappa shape index (κ3) is 15.3. The van der Waals surface area contributed by atoms with E-state index in [0.29, 0.717) is 19.3 Å². The van der Waals surface area contributed by atoms with Crippen molar-refractivity contribution < 1.29 is 53.8 Å². The number of aliphatic hydroxyl groups excluding tert-OH is 4. The number of carbonyl (C=O) groups is 4. The van der Waals surface area contributed by atoms with Crippen molar-refractivity contribution in [3.8, 4) is 0 Å². The van der Waals surface area contributed by atoms with Crippen LogP contribution in [0.5, 0.6) is 0 Å². The topological polar surface area (TPSA) is 203 Å². The molecule has 0 aromatic rings. The molecule has 0 radical (unpaired) electrons. The number of ketones is 1. The van der Waals surface area contributed by atoms with Crippen LogP contribution in [0.25, 0.3) is 0 Å². The summed E-state index contributed by atoms with van der Waals surface area (Å²) in [7, 11) is 1.29. The minimum Gasteiger partial charge on any atom is -0.469 e. The van der Waals surface area contributed by atoms with E-state index < -0.39 is 84.1 Å². The molecule has 0 aromatic heterocycles. The van der Waals surface area contributed by atoms with Gasteiger partial charge in [-0.3, -0.25) is 9.59 Å². The van der Waals surface area contributed by atoms with E-state index in [1.807, 2.05) is 6.92 Å². The first-order chi connectivity index (χ1) is 22.6. The zero-order chi connectivity index (χ0) is 36.4. The molecule has 1 fully saturated rings. The second-order valence-electron chi connectivity index (χ2n) is 11.3. The lowest BCUT2D eigenvalue weighted by Gasteiger charge is -2.31. The maximum atomic E-state index is 12.6. The largest absolute Gasteiger partial charge is 0.469 e. The standard InChI is InChI=1S/C34H47Cl2NO11/c1-5-6-14-27(48-34(37)45)30(36)25(39)19-26(40)32(43)31(42)21(3)23(35)13-9-7-11-20(2)12-8-10-15-29(41)47-28-18-22(33(44)46-4)16-17-24(28)38/h6-15,21-22,24-25,27-28,30-32,38-39,42-43H,5,16-19H2,1-4H3,(H2,37,45). The van der Waals surface area contributed by atoms with Gasteiger partial charge in [0.25, 0.3) is 0 Å². The highest BCUT2D eigenvalue weighted by molar-refractivity contribution is 6.30. The van der Waals surface area contributed by atoms with Crippen molar-refractivity contribution in [2.75, 3.05) is 7.11 Å². The Morgan fingerprint density at radius 3 is 2.29 bits per heavy atom. The fourth-order valence-corrected chi connectivity index (χ4v) is 5.04. The van der Waals surface area contributed by atoms with Gasteiger partial charge in [-0.1, -0.05) is 73.6 Å². The number of aliphatic hydroxyl groups is 4. The molecule has 1 rings (SSSR count). The summed E-state index contributed by atoms with van der Waals surface area (Å²) in [5, 5.41) is 40.4. The Morgan fingerprint density at radius 2 is 1.67 bits per heavy atom. The van der Waals surface area contributed by atoms with Crippen LogP contribution in [0.3, 0.4) is 0 Å². The van der Waals surface area contributed by atoms with Gasteiger partial charge in [0.1, 0.15) is 23.7 Å². The van der Waals surface area contributed by atoms with Crippen molar-refractivity contribution in [3.05, 3.63) is 71.4 Å². The molecule has 0 bridgehead atoms. The lowest BCUT2D eigenvalue weighted by molar-refractivity contribution is -0.160. The number of carbonyl (C=O) groups excluding carboxylic acids is 4. The first kappa shape index (κ1) is 42.8. The van der Waals surface area contributed by atoms with Crippen LogP contribution < -0.4 is 5.73 Å². The number of methoxy groups -OCH3 is 1. The van der Waals surface area contributed by atoms with Gasteiger partial charge in [-0.05, 0) is 38.3 Å². The molecule has 14 heteroatoms. The lowest BCUT2D eigenvalue weighted by atomic mass is 9.85. The Balaban J connectivity index is 2.66. The second kappa shape index (κ2) is 22.4. The number of halogens is 2. The first-order valence-corrected chi connectivity index (χ1v) is 16.3. The number of amides is 1. The molecule has 0 spiro atoms. The van der Waals surface area contributed by atoms with Crippen molar-refractivity contribution in [1.82, 2.24) is 0 Å². The molecule has 48 heavy (non-hydrogen) atoms. The van der Waals surface area contributed by atoms with Gasteiger partial charge >= 0.3 is 18.0 Å². The summed E-state index contributed by atoms with van der Waals surface area (Å²) in [5.41, 5.74) is 5.85. The number of rotatable bonds is 18. The van der Waals surface area contributed by atoms with Gasteiger partial charge in [-0.2, -0.15) is 0 Å². The SMILES string of the molecule is CCC=CC(OC(N)=O)C(Cl)C(O)CC(=O)C(O)C(O)C(C)C(Cl)=CC=CC=C(C)C=CC=CC(=O)OC1CC(C(=O)OC)CCC1O. The van der Waals surface area contributed by atoms with Crippen molar-refractivity contribution in [3.63, 3.8) is 0 Å². The highest BCUT2D eigenvalue weighted by atomic mass is 35.5. The highest BCUT2D eigenvalue weighted by Crippen LogP contribution is 2.28. The predicted molar refractivity (Wildman–Crippen MR) is 181 cm³/mol. The number of allylic oxidation sites excluding steroid dienone is 9. The fourth-order valence-electron chi connectivity index (χ4n) is 4.61. The second-order valence-corrected chi connectivity index (χ2v) is 12.2.